The lowest BCUT2D eigenvalue weighted by molar-refractivity contribution is 0.112. The average molecular weight is 206 g/mol. The van der Waals surface area contributed by atoms with Crippen LogP contribution in [0.2, 0.25) is 0 Å². The Bertz CT molecular complexity index is 373. The topological polar surface area (TPSA) is 26.3 Å². The van der Waals surface area contributed by atoms with E-state index in [9.17, 15) is 4.79 Å². The highest BCUT2D eigenvalue weighted by Crippen LogP contribution is 2.34. The second kappa shape index (κ2) is 4.05. The summed E-state index contributed by atoms with van der Waals surface area (Å²) < 4.78 is 5.32. The maximum Gasteiger partial charge on any atom is 0.153 e. The second-order valence-electron chi connectivity index (χ2n) is 4.80. The molecule has 0 saturated heterocycles. The molecule has 0 aromatic heterocycles. The average Bonchev–Trinajstić information content (AvgIpc) is 2.15. The third-order valence-corrected chi connectivity index (χ3v) is 2.40. The van der Waals surface area contributed by atoms with E-state index < -0.39 is 0 Å². The van der Waals surface area contributed by atoms with Crippen molar-refractivity contribution in [3.8, 4) is 5.75 Å². The zero-order chi connectivity index (χ0) is 11.6. The smallest absolute Gasteiger partial charge is 0.153 e. The Morgan fingerprint density at radius 2 is 1.87 bits per heavy atom. The molecule has 0 aliphatic carbocycles. The van der Waals surface area contributed by atoms with Crippen molar-refractivity contribution in [1.82, 2.24) is 0 Å². The normalized spacial score (nSPS) is 11.3. The lowest BCUT2D eigenvalue weighted by Gasteiger charge is -2.23. The summed E-state index contributed by atoms with van der Waals surface area (Å²) in [6.45, 7) is 8.32. The van der Waals surface area contributed by atoms with Crippen LogP contribution in [-0.4, -0.2) is 13.4 Å². The van der Waals surface area contributed by atoms with Crippen molar-refractivity contribution in [3.05, 3.63) is 28.8 Å². The number of carbonyl (C=O) groups is 1. The molecule has 0 bridgehead atoms. The molecule has 0 spiro atoms. The number of hydrogen-bond donors (Lipinski definition) is 0. The second-order valence-corrected chi connectivity index (χ2v) is 4.80. The van der Waals surface area contributed by atoms with E-state index in [4.69, 9.17) is 4.74 Å². The molecule has 0 atom stereocenters. The van der Waals surface area contributed by atoms with Crippen molar-refractivity contribution in [1.29, 1.82) is 0 Å². The molecule has 1 aromatic carbocycles. The molecule has 1 aromatic rings. The lowest BCUT2D eigenvalue weighted by Crippen LogP contribution is -2.14. The van der Waals surface area contributed by atoms with Crippen molar-refractivity contribution < 1.29 is 9.53 Å². The summed E-state index contributed by atoms with van der Waals surface area (Å²) in [6, 6.07) is 3.92. The summed E-state index contributed by atoms with van der Waals surface area (Å²) >= 11 is 0. The third-order valence-electron chi connectivity index (χ3n) is 2.40. The molecule has 15 heavy (non-hydrogen) atoms. The predicted molar refractivity (Wildman–Crippen MR) is 61.8 cm³/mol. The zero-order valence-corrected chi connectivity index (χ0v) is 10.0. The van der Waals surface area contributed by atoms with Gasteiger partial charge in [-0.2, -0.15) is 0 Å². The lowest BCUT2D eigenvalue weighted by atomic mass is 9.84. The van der Waals surface area contributed by atoms with Crippen LogP contribution < -0.4 is 4.74 Å². The number of carbonyl (C=O) groups excluding carboxylic acids is 1. The summed E-state index contributed by atoms with van der Waals surface area (Å²) in [6.07, 6.45) is 0.848. The Kier molecular flexibility index (Phi) is 3.18. The summed E-state index contributed by atoms with van der Waals surface area (Å²) in [5, 5.41) is 0. The van der Waals surface area contributed by atoms with Crippen LogP contribution in [0.5, 0.6) is 5.75 Å². The fourth-order valence-corrected chi connectivity index (χ4v) is 1.67. The fraction of sp³-hybridized carbons (Fsp3) is 0.462. The van der Waals surface area contributed by atoms with Crippen LogP contribution in [0.4, 0.5) is 0 Å². The first kappa shape index (κ1) is 11.8. The Morgan fingerprint density at radius 1 is 1.27 bits per heavy atom. The fourth-order valence-electron chi connectivity index (χ4n) is 1.67. The van der Waals surface area contributed by atoms with Crippen molar-refractivity contribution in [2.24, 2.45) is 0 Å². The SMILES string of the molecule is COc1c(C=O)cc(C)cc1C(C)(C)C. The molecule has 2 nitrogen and oxygen atoms in total. The van der Waals surface area contributed by atoms with Gasteiger partial charge in [0.2, 0.25) is 0 Å². The quantitative estimate of drug-likeness (QED) is 0.695. The number of hydrogen-bond acceptors (Lipinski definition) is 2. The number of benzene rings is 1. The standard InChI is InChI=1S/C13H18O2/c1-9-6-10(8-14)12(15-5)11(7-9)13(2,3)4/h6-8H,1-5H3. The maximum absolute atomic E-state index is 10.9. The predicted octanol–water partition coefficient (Wildman–Crippen LogP) is 3.11. The van der Waals surface area contributed by atoms with Crippen molar-refractivity contribution in [3.63, 3.8) is 0 Å². The maximum atomic E-state index is 10.9. The molecule has 82 valence electrons. The Balaban J connectivity index is 3.49. The van der Waals surface area contributed by atoms with Crippen LogP contribution in [0, 0.1) is 6.92 Å². The minimum atomic E-state index is -0.0187. The van der Waals surface area contributed by atoms with E-state index in [0.717, 1.165) is 17.4 Å². The Labute approximate surface area is 91.3 Å². The number of methoxy groups -OCH3 is 1. The Morgan fingerprint density at radius 3 is 2.27 bits per heavy atom. The number of ether oxygens (including phenoxy) is 1. The molecule has 0 saturated carbocycles. The molecule has 1 rings (SSSR count). The van der Waals surface area contributed by atoms with Crippen LogP contribution in [0.15, 0.2) is 12.1 Å². The van der Waals surface area contributed by atoms with E-state index in [1.54, 1.807) is 7.11 Å². The third kappa shape index (κ3) is 2.38. The Hall–Kier alpha value is -1.31. The van der Waals surface area contributed by atoms with Gasteiger partial charge in [-0.25, -0.2) is 0 Å². The molecule has 0 aliphatic heterocycles. The molecule has 0 fully saturated rings. The van der Waals surface area contributed by atoms with Gasteiger partial charge in [0.25, 0.3) is 0 Å². The summed E-state index contributed by atoms with van der Waals surface area (Å²) in [4.78, 5) is 10.9. The first-order valence-electron chi connectivity index (χ1n) is 5.04. The van der Waals surface area contributed by atoms with Gasteiger partial charge >= 0.3 is 0 Å². The monoisotopic (exact) mass is 206 g/mol. The van der Waals surface area contributed by atoms with E-state index in [-0.39, 0.29) is 5.41 Å². The van der Waals surface area contributed by atoms with E-state index in [1.807, 2.05) is 13.0 Å². The van der Waals surface area contributed by atoms with Crippen LogP contribution >= 0.6 is 0 Å². The molecule has 0 amide bonds. The van der Waals surface area contributed by atoms with Gasteiger partial charge < -0.3 is 4.74 Å². The highest BCUT2D eigenvalue weighted by atomic mass is 16.5. The first-order valence-corrected chi connectivity index (χ1v) is 5.04. The molecule has 2 heteroatoms. The van der Waals surface area contributed by atoms with E-state index in [0.29, 0.717) is 11.3 Å². The molecular weight excluding hydrogens is 188 g/mol. The minimum Gasteiger partial charge on any atom is -0.496 e. The van der Waals surface area contributed by atoms with Gasteiger partial charge in [0, 0.05) is 5.56 Å². The molecule has 0 heterocycles. The summed E-state index contributed by atoms with van der Waals surface area (Å²) in [5.74, 6) is 0.697. The molecule has 0 aliphatic rings. The van der Waals surface area contributed by atoms with Crippen molar-refractivity contribution in [2.45, 2.75) is 33.1 Å². The van der Waals surface area contributed by atoms with Crippen LogP contribution in [0.25, 0.3) is 0 Å². The number of aryl methyl sites for hydroxylation is 1. The first-order chi connectivity index (χ1) is 6.90. The van der Waals surface area contributed by atoms with Gasteiger partial charge in [-0.1, -0.05) is 26.8 Å². The van der Waals surface area contributed by atoms with Crippen LogP contribution in [0.3, 0.4) is 0 Å². The van der Waals surface area contributed by atoms with Gasteiger partial charge in [0.15, 0.2) is 6.29 Å². The van der Waals surface area contributed by atoms with Crippen LogP contribution in [0.1, 0.15) is 42.3 Å². The van der Waals surface area contributed by atoms with E-state index >= 15 is 0 Å². The van der Waals surface area contributed by atoms with Gasteiger partial charge in [-0.15, -0.1) is 0 Å². The van der Waals surface area contributed by atoms with Gasteiger partial charge in [0.05, 0.1) is 12.7 Å². The number of rotatable bonds is 2. The van der Waals surface area contributed by atoms with Gasteiger partial charge in [0.1, 0.15) is 5.75 Å². The molecule has 0 radical (unpaired) electrons. The summed E-state index contributed by atoms with van der Waals surface area (Å²) in [5.41, 5.74) is 2.77. The van der Waals surface area contributed by atoms with Crippen molar-refractivity contribution in [2.75, 3.05) is 7.11 Å². The summed E-state index contributed by atoms with van der Waals surface area (Å²) in [7, 11) is 1.60. The molecule has 0 unspecified atom stereocenters. The van der Waals surface area contributed by atoms with Crippen LogP contribution in [-0.2, 0) is 5.41 Å². The zero-order valence-electron chi connectivity index (χ0n) is 10.0. The largest absolute Gasteiger partial charge is 0.496 e. The van der Waals surface area contributed by atoms with E-state index in [2.05, 4.69) is 26.8 Å². The van der Waals surface area contributed by atoms with Crippen molar-refractivity contribution >= 4 is 6.29 Å². The minimum absolute atomic E-state index is 0.0187. The molecule has 0 N–H and O–H groups in total. The highest BCUT2D eigenvalue weighted by molar-refractivity contribution is 5.81. The molecular formula is C13H18O2. The highest BCUT2D eigenvalue weighted by Gasteiger charge is 2.21. The van der Waals surface area contributed by atoms with Gasteiger partial charge in [-0.05, 0) is 24.0 Å². The van der Waals surface area contributed by atoms with E-state index in [1.165, 1.54) is 0 Å². The van der Waals surface area contributed by atoms with Gasteiger partial charge in [-0.3, -0.25) is 4.79 Å². The number of aldehydes is 1.